The normalized spacial score (nSPS) is 11.9. The van der Waals surface area contributed by atoms with E-state index in [1.54, 1.807) is 24.3 Å². The van der Waals surface area contributed by atoms with Gasteiger partial charge in [-0.25, -0.2) is 0 Å². The zero-order valence-corrected chi connectivity index (χ0v) is 11.6. The SMILES string of the molecule is CC(C)C(C)OCCC(=O)Nc1cccc(C#N)c1. The summed E-state index contributed by atoms with van der Waals surface area (Å²) < 4.78 is 5.54. The van der Waals surface area contributed by atoms with Crippen LogP contribution in [0.25, 0.3) is 0 Å². The molecule has 0 aliphatic heterocycles. The number of benzene rings is 1. The summed E-state index contributed by atoms with van der Waals surface area (Å²) >= 11 is 0. The fraction of sp³-hybridized carbons (Fsp3) is 0.467. The second-order valence-electron chi connectivity index (χ2n) is 4.81. The van der Waals surface area contributed by atoms with E-state index < -0.39 is 0 Å². The van der Waals surface area contributed by atoms with E-state index in [-0.39, 0.29) is 12.0 Å². The van der Waals surface area contributed by atoms with Crippen molar-refractivity contribution in [3.8, 4) is 6.07 Å². The standard InChI is InChI=1S/C15H20N2O2/c1-11(2)12(3)19-8-7-15(18)17-14-6-4-5-13(9-14)10-16/h4-6,9,11-12H,7-8H2,1-3H3,(H,17,18). The van der Waals surface area contributed by atoms with E-state index in [4.69, 9.17) is 10.00 Å². The molecule has 1 N–H and O–H groups in total. The van der Waals surface area contributed by atoms with Gasteiger partial charge in [0.25, 0.3) is 0 Å². The number of hydrogen-bond donors (Lipinski definition) is 1. The molecule has 0 aromatic heterocycles. The Labute approximate surface area is 114 Å². The van der Waals surface area contributed by atoms with Crippen LogP contribution in [0.3, 0.4) is 0 Å². The van der Waals surface area contributed by atoms with Crippen LogP contribution < -0.4 is 5.32 Å². The van der Waals surface area contributed by atoms with Crippen molar-refractivity contribution in [1.29, 1.82) is 5.26 Å². The number of nitrogens with zero attached hydrogens (tertiary/aromatic N) is 1. The van der Waals surface area contributed by atoms with Crippen molar-refractivity contribution >= 4 is 11.6 Å². The molecule has 1 aromatic carbocycles. The summed E-state index contributed by atoms with van der Waals surface area (Å²) in [4.78, 5) is 11.7. The lowest BCUT2D eigenvalue weighted by atomic mass is 10.1. The fourth-order valence-corrected chi connectivity index (χ4v) is 1.42. The van der Waals surface area contributed by atoms with Crippen molar-refractivity contribution in [3.63, 3.8) is 0 Å². The van der Waals surface area contributed by atoms with Gasteiger partial charge in [0.2, 0.25) is 5.91 Å². The molecule has 1 atom stereocenters. The van der Waals surface area contributed by atoms with Gasteiger partial charge in [0, 0.05) is 5.69 Å². The maximum absolute atomic E-state index is 11.7. The lowest BCUT2D eigenvalue weighted by Crippen LogP contribution is -2.20. The van der Waals surface area contributed by atoms with Crippen LogP contribution in [-0.2, 0) is 9.53 Å². The molecule has 0 heterocycles. The third-order valence-corrected chi connectivity index (χ3v) is 2.92. The summed E-state index contributed by atoms with van der Waals surface area (Å²) in [7, 11) is 0. The smallest absolute Gasteiger partial charge is 0.226 e. The van der Waals surface area contributed by atoms with E-state index in [0.717, 1.165) is 0 Å². The Balaban J connectivity index is 2.37. The predicted molar refractivity (Wildman–Crippen MR) is 74.7 cm³/mol. The summed E-state index contributed by atoms with van der Waals surface area (Å²) in [5.41, 5.74) is 1.17. The van der Waals surface area contributed by atoms with Gasteiger partial charge in [0.15, 0.2) is 0 Å². The molecule has 4 nitrogen and oxygen atoms in total. The zero-order valence-electron chi connectivity index (χ0n) is 11.6. The number of carbonyl (C=O) groups is 1. The van der Waals surface area contributed by atoms with Crippen molar-refractivity contribution in [3.05, 3.63) is 29.8 Å². The molecule has 0 spiro atoms. The summed E-state index contributed by atoms with van der Waals surface area (Å²) in [6.45, 7) is 6.57. The van der Waals surface area contributed by atoms with Gasteiger partial charge < -0.3 is 10.1 Å². The van der Waals surface area contributed by atoms with Gasteiger partial charge in [-0.3, -0.25) is 4.79 Å². The van der Waals surface area contributed by atoms with Crippen LogP contribution in [0.1, 0.15) is 32.8 Å². The molecule has 1 aromatic rings. The van der Waals surface area contributed by atoms with Crippen LogP contribution in [-0.4, -0.2) is 18.6 Å². The number of rotatable bonds is 6. The lowest BCUT2D eigenvalue weighted by molar-refractivity contribution is -0.117. The third-order valence-electron chi connectivity index (χ3n) is 2.92. The highest BCUT2D eigenvalue weighted by molar-refractivity contribution is 5.90. The highest BCUT2D eigenvalue weighted by Crippen LogP contribution is 2.10. The van der Waals surface area contributed by atoms with Crippen LogP contribution in [0.15, 0.2) is 24.3 Å². The number of hydrogen-bond acceptors (Lipinski definition) is 3. The summed E-state index contributed by atoms with van der Waals surface area (Å²) in [6.07, 6.45) is 0.461. The van der Waals surface area contributed by atoms with Crippen LogP contribution in [0, 0.1) is 17.2 Å². The zero-order chi connectivity index (χ0) is 14.3. The molecule has 0 saturated carbocycles. The van der Waals surface area contributed by atoms with E-state index in [1.807, 2.05) is 13.0 Å². The average Bonchev–Trinajstić information content (AvgIpc) is 2.38. The van der Waals surface area contributed by atoms with E-state index >= 15 is 0 Å². The summed E-state index contributed by atoms with van der Waals surface area (Å²) in [5.74, 6) is 0.335. The maximum atomic E-state index is 11.7. The molecule has 102 valence electrons. The molecule has 0 bridgehead atoms. The Morgan fingerprint density at radius 1 is 1.42 bits per heavy atom. The minimum atomic E-state index is -0.106. The Morgan fingerprint density at radius 2 is 2.16 bits per heavy atom. The molecule has 1 unspecified atom stereocenters. The topological polar surface area (TPSA) is 62.1 Å². The van der Waals surface area contributed by atoms with Crippen molar-refractivity contribution in [1.82, 2.24) is 0 Å². The third kappa shape index (κ3) is 5.54. The number of anilines is 1. The number of nitriles is 1. The molecule has 1 amide bonds. The molecule has 0 aliphatic rings. The fourth-order valence-electron chi connectivity index (χ4n) is 1.42. The first-order chi connectivity index (χ1) is 9.02. The summed E-state index contributed by atoms with van der Waals surface area (Å²) in [5, 5.41) is 11.5. The van der Waals surface area contributed by atoms with E-state index in [1.165, 1.54) is 0 Å². The molecule has 0 fully saturated rings. The van der Waals surface area contributed by atoms with E-state index in [2.05, 4.69) is 19.2 Å². The Hall–Kier alpha value is -1.86. The van der Waals surface area contributed by atoms with Gasteiger partial charge in [0.1, 0.15) is 0 Å². The Kier molecular flexibility index (Phi) is 6.04. The second-order valence-corrected chi connectivity index (χ2v) is 4.81. The minimum absolute atomic E-state index is 0.106. The highest BCUT2D eigenvalue weighted by Gasteiger charge is 2.08. The average molecular weight is 260 g/mol. The van der Waals surface area contributed by atoms with E-state index in [9.17, 15) is 4.79 Å². The largest absolute Gasteiger partial charge is 0.378 e. The molecule has 0 aliphatic carbocycles. The first-order valence-corrected chi connectivity index (χ1v) is 6.44. The lowest BCUT2D eigenvalue weighted by Gasteiger charge is -2.16. The van der Waals surface area contributed by atoms with Gasteiger partial charge in [-0.05, 0) is 31.0 Å². The molecular weight excluding hydrogens is 240 g/mol. The van der Waals surface area contributed by atoms with Gasteiger partial charge in [0.05, 0.1) is 30.8 Å². The molecule has 0 radical (unpaired) electrons. The van der Waals surface area contributed by atoms with Crippen molar-refractivity contribution in [2.24, 2.45) is 5.92 Å². The molecular formula is C15H20N2O2. The Morgan fingerprint density at radius 3 is 2.79 bits per heavy atom. The minimum Gasteiger partial charge on any atom is -0.378 e. The first kappa shape index (κ1) is 15.2. The Bertz CT molecular complexity index is 463. The van der Waals surface area contributed by atoms with Gasteiger partial charge in [-0.15, -0.1) is 0 Å². The maximum Gasteiger partial charge on any atom is 0.226 e. The first-order valence-electron chi connectivity index (χ1n) is 6.44. The van der Waals surface area contributed by atoms with Crippen LogP contribution >= 0.6 is 0 Å². The van der Waals surface area contributed by atoms with Crippen LogP contribution in [0.2, 0.25) is 0 Å². The van der Waals surface area contributed by atoms with Crippen molar-refractivity contribution < 1.29 is 9.53 Å². The van der Waals surface area contributed by atoms with E-state index in [0.29, 0.717) is 30.2 Å². The van der Waals surface area contributed by atoms with Crippen LogP contribution in [0.5, 0.6) is 0 Å². The van der Waals surface area contributed by atoms with Gasteiger partial charge >= 0.3 is 0 Å². The van der Waals surface area contributed by atoms with Crippen molar-refractivity contribution in [2.75, 3.05) is 11.9 Å². The van der Waals surface area contributed by atoms with Crippen molar-refractivity contribution in [2.45, 2.75) is 33.3 Å². The predicted octanol–water partition coefficient (Wildman–Crippen LogP) is 2.95. The van der Waals surface area contributed by atoms with Crippen LogP contribution in [0.4, 0.5) is 5.69 Å². The van der Waals surface area contributed by atoms with Gasteiger partial charge in [-0.2, -0.15) is 5.26 Å². The number of carbonyl (C=O) groups excluding carboxylic acids is 1. The monoisotopic (exact) mass is 260 g/mol. The quantitative estimate of drug-likeness (QED) is 0.855. The summed E-state index contributed by atoms with van der Waals surface area (Å²) in [6, 6.07) is 8.88. The number of ether oxygens (including phenoxy) is 1. The second kappa shape index (κ2) is 7.55. The number of nitrogens with one attached hydrogen (secondary N) is 1. The highest BCUT2D eigenvalue weighted by atomic mass is 16.5. The molecule has 4 heteroatoms. The molecule has 1 rings (SSSR count). The number of amides is 1. The van der Waals surface area contributed by atoms with Gasteiger partial charge in [-0.1, -0.05) is 19.9 Å². The molecule has 19 heavy (non-hydrogen) atoms. The molecule has 0 saturated heterocycles.